The lowest BCUT2D eigenvalue weighted by atomic mass is 9.93. The second-order valence-corrected chi connectivity index (χ2v) is 5.16. The Morgan fingerprint density at radius 2 is 1.71 bits per heavy atom. The summed E-state index contributed by atoms with van der Waals surface area (Å²) >= 11 is 0. The molecule has 0 fully saturated rings. The lowest BCUT2D eigenvalue weighted by Gasteiger charge is -2.29. The van der Waals surface area contributed by atoms with E-state index in [0.717, 1.165) is 17.1 Å². The predicted molar refractivity (Wildman–Crippen MR) is 84.5 cm³/mol. The molecule has 0 aliphatic carbocycles. The summed E-state index contributed by atoms with van der Waals surface area (Å²) in [4.78, 5) is 0. The van der Waals surface area contributed by atoms with Crippen LogP contribution in [0.5, 0.6) is 11.5 Å². The average molecular weight is 296 g/mol. The van der Waals surface area contributed by atoms with Crippen molar-refractivity contribution in [3.8, 4) is 11.5 Å². The molecule has 0 heterocycles. The minimum absolute atomic E-state index is 0.0255. The van der Waals surface area contributed by atoms with Crippen LogP contribution in [0.3, 0.4) is 0 Å². The van der Waals surface area contributed by atoms with Crippen LogP contribution in [-0.2, 0) is 4.74 Å². The van der Waals surface area contributed by atoms with Gasteiger partial charge < -0.3 is 14.2 Å². The molecule has 1 rings (SSSR count). The van der Waals surface area contributed by atoms with Crippen LogP contribution in [0.2, 0.25) is 0 Å². The predicted octanol–water partition coefficient (Wildman–Crippen LogP) is 2.66. The van der Waals surface area contributed by atoms with Gasteiger partial charge in [0.25, 0.3) is 0 Å². The molecule has 120 valence electrons. The second kappa shape index (κ2) is 8.87. The van der Waals surface area contributed by atoms with Crippen molar-refractivity contribution in [3.63, 3.8) is 0 Å². The van der Waals surface area contributed by atoms with Crippen molar-refractivity contribution in [1.29, 1.82) is 0 Å². The van der Waals surface area contributed by atoms with Gasteiger partial charge in [-0.25, -0.2) is 0 Å². The summed E-state index contributed by atoms with van der Waals surface area (Å²) < 4.78 is 16.8. The molecule has 1 aromatic rings. The summed E-state index contributed by atoms with van der Waals surface area (Å²) in [5, 5.41) is 0. The number of ether oxygens (including phenoxy) is 3. The smallest absolute Gasteiger partial charge is 0.161 e. The standard InChI is InChI=1S/C16H28N2O3/c1-6-20-13-9-8-12(10-14(13)21-7-2)15(18-17)16(19-5)11(3)4/h8-11,15-16,18H,6-7,17H2,1-5H3. The van der Waals surface area contributed by atoms with Crippen LogP contribution < -0.4 is 20.7 Å². The highest BCUT2D eigenvalue weighted by molar-refractivity contribution is 5.44. The topological polar surface area (TPSA) is 65.7 Å². The van der Waals surface area contributed by atoms with Crippen molar-refractivity contribution in [1.82, 2.24) is 5.43 Å². The lowest BCUT2D eigenvalue weighted by molar-refractivity contribution is 0.0325. The first kappa shape index (κ1) is 17.8. The number of benzene rings is 1. The third kappa shape index (κ3) is 4.59. The molecule has 5 heteroatoms. The van der Waals surface area contributed by atoms with Gasteiger partial charge in [-0.3, -0.25) is 11.3 Å². The largest absolute Gasteiger partial charge is 0.490 e. The molecule has 0 amide bonds. The molecule has 0 saturated carbocycles. The molecule has 0 aliphatic heterocycles. The number of nitrogens with two attached hydrogens (primary N) is 1. The quantitative estimate of drug-likeness (QED) is 0.542. The summed E-state index contributed by atoms with van der Waals surface area (Å²) in [5.74, 6) is 7.55. The summed E-state index contributed by atoms with van der Waals surface area (Å²) in [6, 6.07) is 5.77. The SMILES string of the molecule is CCOc1ccc(C(NN)C(OC)C(C)C)cc1OCC. The van der Waals surface area contributed by atoms with Crippen LogP contribution in [0.1, 0.15) is 39.3 Å². The van der Waals surface area contributed by atoms with E-state index in [1.54, 1.807) is 7.11 Å². The van der Waals surface area contributed by atoms with E-state index in [4.69, 9.17) is 20.1 Å². The van der Waals surface area contributed by atoms with E-state index in [1.807, 2.05) is 32.0 Å². The first-order valence-electron chi connectivity index (χ1n) is 7.47. The molecular formula is C16H28N2O3. The number of hydrazine groups is 1. The van der Waals surface area contributed by atoms with Gasteiger partial charge in [0.2, 0.25) is 0 Å². The Hall–Kier alpha value is -1.30. The van der Waals surface area contributed by atoms with E-state index >= 15 is 0 Å². The van der Waals surface area contributed by atoms with Gasteiger partial charge in [-0.05, 0) is 37.5 Å². The van der Waals surface area contributed by atoms with Gasteiger partial charge in [-0.1, -0.05) is 19.9 Å². The van der Waals surface area contributed by atoms with Gasteiger partial charge in [-0.2, -0.15) is 0 Å². The Morgan fingerprint density at radius 3 is 2.19 bits per heavy atom. The highest BCUT2D eigenvalue weighted by Crippen LogP contribution is 2.33. The first-order valence-corrected chi connectivity index (χ1v) is 7.47. The number of hydrogen-bond donors (Lipinski definition) is 2. The van der Waals surface area contributed by atoms with Crippen molar-refractivity contribution < 1.29 is 14.2 Å². The minimum Gasteiger partial charge on any atom is -0.490 e. The molecule has 5 nitrogen and oxygen atoms in total. The van der Waals surface area contributed by atoms with Crippen molar-refractivity contribution >= 4 is 0 Å². The van der Waals surface area contributed by atoms with Crippen molar-refractivity contribution in [2.75, 3.05) is 20.3 Å². The fourth-order valence-corrected chi connectivity index (χ4v) is 2.44. The Balaban J connectivity index is 3.12. The number of nitrogens with one attached hydrogen (secondary N) is 1. The molecule has 0 aromatic heterocycles. The van der Waals surface area contributed by atoms with Crippen LogP contribution in [0, 0.1) is 5.92 Å². The van der Waals surface area contributed by atoms with Gasteiger partial charge in [0.05, 0.1) is 25.4 Å². The molecule has 0 radical (unpaired) electrons. The molecule has 0 aliphatic rings. The van der Waals surface area contributed by atoms with Crippen molar-refractivity contribution in [2.24, 2.45) is 11.8 Å². The molecular weight excluding hydrogens is 268 g/mol. The Morgan fingerprint density at radius 1 is 1.10 bits per heavy atom. The highest BCUT2D eigenvalue weighted by atomic mass is 16.5. The van der Waals surface area contributed by atoms with Gasteiger partial charge in [-0.15, -0.1) is 0 Å². The number of methoxy groups -OCH3 is 1. The van der Waals surface area contributed by atoms with Crippen molar-refractivity contribution in [2.45, 2.75) is 39.8 Å². The Bertz CT molecular complexity index is 424. The maximum Gasteiger partial charge on any atom is 0.161 e. The van der Waals surface area contributed by atoms with Gasteiger partial charge in [0.1, 0.15) is 0 Å². The molecule has 21 heavy (non-hydrogen) atoms. The Kier molecular flexibility index (Phi) is 7.50. The minimum atomic E-state index is -0.107. The third-order valence-electron chi connectivity index (χ3n) is 3.36. The van der Waals surface area contributed by atoms with Crippen LogP contribution in [-0.4, -0.2) is 26.4 Å². The third-order valence-corrected chi connectivity index (χ3v) is 3.36. The summed E-state index contributed by atoms with van der Waals surface area (Å²) in [7, 11) is 1.70. The monoisotopic (exact) mass is 296 g/mol. The second-order valence-electron chi connectivity index (χ2n) is 5.16. The van der Waals surface area contributed by atoms with Gasteiger partial charge in [0.15, 0.2) is 11.5 Å². The van der Waals surface area contributed by atoms with E-state index in [2.05, 4.69) is 19.3 Å². The molecule has 0 saturated heterocycles. The normalized spacial score (nSPS) is 14.0. The summed E-state index contributed by atoms with van der Waals surface area (Å²) in [6.07, 6.45) is -0.0255. The molecule has 2 atom stereocenters. The number of rotatable bonds is 9. The highest BCUT2D eigenvalue weighted by Gasteiger charge is 2.26. The molecule has 1 aromatic carbocycles. The zero-order chi connectivity index (χ0) is 15.8. The molecule has 0 bridgehead atoms. The maximum atomic E-state index is 5.74. The summed E-state index contributed by atoms with van der Waals surface area (Å²) in [6.45, 7) is 9.31. The van der Waals surface area contributed by atoms with Crippen molar-refractivity contribution in [3.05, 3.63) is 23.8 Å². The van der Waals surface area contributed by atoms with E-state index < -0.39 is 0 Å². The molecule has 3 N–H and O–H groups in total. The van der Waals surface area contributed by atoms with E-state index in [-0.39, 0.29) is 12.1 Å². The average Bonchev–Trinajstić information content (AvgIpc) is 2.46. The van der Waals surface area contributed by atoms with Crippen LogP contribution in [0.4, 0.5) is 0 Å². The van der Waals surface area contributed by atoms with E-state index in [9.17, 15) is 0 Å². The fraction of sp³-hybridized carbons (Fsp3) is 0.625. The molecule has 2 unspecified atom stereocenters. The van der Waals surface area contributed by atoms with Gasteiger partial charge >= 0.3 is 0 Å². The van der Waals surface area contributed by atoms with Gasteiger partial charge in [0, 0.05) is 7.11 Å². The van der Waals surface area contributed by atoms with Crippen LogP contribution in [0.25, 0.3) is 0 Å². The fourth-order valence-electron chi connectivity index (χ4n) is 2.44. The zero-order valence-corrected chi connectivity index (χ0v) is 13.7. The van der Waals surface area contributed by atoms with Crippen LogP contribution >= 0.6 is 0 Å². The number of hydrogen-bond acceptors (Lipinski definition) is 5. The summed E-state index contributed by atoms with van der Waals surface area (Å²) in [5.41, 5.74) is 3.87. The van der Waals surface area contributed by atoms with E-state index in [1.165, 1.54) is 0 Å². The first-order chi connectivity index (χ1) is 10.1. The van der Waals surface area contributed by atoms with E-state index in [0.29, 0.717) is 19.1 Å². The van der Waals surface area contributed by atoms with Crippen LogP contribution in [0.15, 0.2) is 18.2 Å². The molecule has 0 spiro atoms. The zero-order valence-electron chi connectivity index (χ0n) is 13.7. The maximum absolute atomic E-state index is 5.74. The Labute approximate surface area is 127 Å². The lowest BCUT2D eigenvalue weighted by Crippen LogP contribution is -2.40.